The molecule has 1 heterocycles. The van der Waals surface area contributed by atoms with Crippen LogP contribution in [0.4, 0.5) is 15.8 Å². The number of hydrogen-bond donors (Lipinski definition) is 0. The zero-order valence-electron chi connectivity index (χ0n) is 20.9. The smallest absolute Gasteiger partial charge is 0.311 e. The van der Waals surface area contributed by atoms with Crippen LogP contribution in [0.1, 0.15) is 32.6 Å². The van der Waals surface area contributed by atoms with Gasteiger partial charge in [0.25, 0.3) is 0 Å². The summed E-state index contributed by atoms with van der Waals surface area (Å²) in [4.78, 5) is 35.6. The van der Waals surface area contributed by atoms with Gasteiger partial charge in [0.1, 0.15) is 19.0 Å². The van der Waals surface area contributed by atoms with Crippen LogP contribution in [-0.4, -0.2) is 22.3 Å². The minimum atomic E-state index is -0.853. The van der Waals surface area contributed by atoms with Crippen molar-refractivity contribution in [3.05, 3.63) is 139 Å². The molecule has 0 atom stereocenters. The average molecular weight is 544 g/mol. The lowest BCUT2D eigenvalue weighted by atomic mass is 10.1. The Morgan fingerprint density at radius 3 is 1.85 bits per heavy atom. The van der Waals surface area contributed by atoms with Gasteiger partial charge in [0.15, 0.2) is 17.8 Å². The zero-order chi connectivity index (χ0) is 28.5. The molecule has 5 rings (SSSR count). The van der Waals surface area contributed by atoms with Gasteiger partial charge in [0, 0.05) is 30.0 Å². The van der Waals surface area contributed by atoms with E-state index in [9.17, 15) is 29.4 Å². The largest absolute Gasteiger partial charge is 0.482 e. The molecule has 0 unspecified atom stereocenters. The van der Waals surface area contributed by atoms with Crippen molar-refractivity contribution in [2.24, 2.45) is 4.99 Å². The SMILES string of the molecule is O=Cc1cc([N+](=O)[O-])c(OCc2ccccc2)cc1F.O=[N+]([O-])c1cc2c(cc1OCc1ccccc1)CN=C2. The number of ether oxygens (including phenoxy) is 2. The molecular formula is C29H22FN3O7. The van der Waals surface area contributed by atoms with E-state index in [1.807, 2.05) is 36.4 Å². The summed E-state index contributed by atoms with van der Waals surface area (Å²) < 4.78 is 24.4. The molecule has 0 spiro atoms. The van der Waals surface area contributed by atoms with Crippen LogP contribution in [0.2, 0.25) is 0 Å². The summed E-state index contributed by atoms with van der Waals surface area (Å²) in [5.41, 5.74) is 2.68. The third-order valence-electron chi connectivity index (χ3n) is 5.79. The molecule has 0 fully saturated rings. The van der Waals surface area contributed by atoms with Gasteiger partial charge in [-0.2, -0.15) is 0 Å². The molecule has 1 aliphatic rings. The van der Waals surface area contributed by atoms with E-state index in [4.69, 9.17) is 9.47 Å². The number of carbonyl (C=O) groups excluding carboxylic acids is 1. The summed E-state index contributed by atoms with van der Waals surface area (Å²) >= 11 is 0. The van der Waals surface area contributed by atoms with Crippen LogP contribution in [0.3, 0.4) is 0 Å². The summed E-state index contributed by atoms with van der Waals surface area (Å²) in [5.74, 6) is -0.765. The van der Waals surface area contributed by atoms with E-state index >= 15 is 0 Å². The zero-order valence-corrected chi connectivity index (χ0v) is 20.9. The number of aldehydes is 1. The van der Waals surface area contributed by atoms with Gasteiger partial charge in [0.2, 0.25) is 0 Å². The highest BCUT2D eigenvalue weighted by Crippen LogP contribution is 2.33. The summed E-state index contributed by atoms with van der Waals surface area (Å²) in [6, 6.07) is 23.5. The maximum absolute atomic E-state index is 13.5. The summed E-state index contributed by atoms with van der Waals surface area (Å²) in [5, 5.41) is 22.0. The molecule has 0 aromatic heterocycles. The van der Waals surface area contributed by atoms with Gasteiger partial charge in [-0.1, -0.05) is 60.7 Å². The quantitative estimate of drug-likeness (QED) is 0.139. The van der Waals surface area contributed by atoms with Gasteiger partial charge >= 0.3 is 11.4 Å². The van der Waals surface area contributed by atoms with Crippen LogP contribution < -0.4 is 9.47 Å². The molecule has 0 saturated carbocycles. The maximum Gasteiger partial charge on any atom is 0.311 e. The number of fused-ring (bicyclic) bond motifs is 1. The van der Waals surface area contributed by atoms with Gasteiger partial charge in [-0.15, -0.1) is 0 Å². The van der Waals surface area contributed by atoms with Crippen LogP contribution >= 0.6 is 0 Å². The fourth-order valence-corrected chi connectivity index (χ4v) is 3.76. The van der Waals surface area contributed by atoms with Crippen molar-refractivity contribution in [3.63, 3.8) is 0 Å². The lowest BCUT2D eigenvalue weighted by Gasteiger charge is -2.08. The molecule has 10 nitrogen and oxygen atoms in total. The topological polar surface area (TPSA) is 134 Å². The molecule has 4 aromatic rings. The minimum Gasteiger partial charge on any atom is -0.482 e. The molecule has 40 heavy (non-hydrogen) atoms. The van der Waals surface area contributed by atoms with Gasteiger partial charge in [-0.05, 0) is 22.8 Å². The Balaban J connectivity index is 0.000000185. The fourth-order valence-electron chi connectivity index (χ4n) is 3.76. The van der Waals surface area contributed by atoms with E-state index in [2.05, 4.69) is 4.99 Å². The molecule has 0 saturated heterocycles. The summed E-state index contributed by atoms with van der Waals surface area (Å²) in [6.45, 7) is 0.928. The van der Waals surface area contributed by atoms with Crippen LogP contribution in [-0.2, 0) is 19.8 Å². The molecule has 1 aliphatic heterocycles. The Morgan fingerprint density at radius 1 is 0.800 bits per heavy atom. The molecule has 0 radical (unpaired) electrons. The number of benzene rings is 4. The van der Waals surface area contributed by atoms with Crippen LogP contribution in [0, 0.1) is 26.0 Å². The number of nitro groups is 2. The Kier molecular flexibility index (Phi) is 8.88. The number of nitro benzene ring substituents is 2. The second kappa shape index (κ2) is 12.9. The van der Waals surface area contributed by atoms with E-state index < -0.39 is 21.4 Å². The molecule has 0 N–H and O–H groups in total. The number of carbonyl (C=O) groups is 1. The van der Waals surface area contributed by atoms with E-state index in [0.29, 0.717) is 18.9 Å². The standard InChI is InChI=1S/C15H12N2O3.C14H10FNO4/c18-17(19)14-6-12-8-16-9-13(12)7-15(14)20-10-11-4-2-1-3-5-11;15-12-7-14(13(16(18)19)6-11(12)8-17)20-9-10-4-2-1-3-5-10/h1-8H,9-10H2;1-8H,9H2. The fraction of sp³-hybridized carbons (Fsp3) is 0.103. The van der Waals surface area contributed by atoms with Crippen molar-refractivity contribution in [1.82, 2.24) is 0 Å². The van der Waals surface area contributed by atoms with Crippen LogP contribution in [0.15, 0.2) is 89.9 Å². The molecule has 0 aliphatic carbocycles. The first-order valence-corrected chi connectivity index (χ1v) is 11.9. The van der Waals surface area contributed by atoms with Gasteiger partial charge < -0.3 is 9.47 Å². The molecule has 11 heteroatoms. The Hall–Kier alpha value is -5.45. The van der Waals surface area contributed by atoms with E-state index in [1.54, 1.807) is 36.5 Å². The minimum absolute atomic E-state index is 0.0203. The normalized spacial score (nSPS) is 11.1. The van der Waals surface area contributed by atoms with Gasteiger partial charge in [-0.25, -0.2) is 4.39 Å². The molecule has 202 valence electrons. The third kappa shape index (κ3) is 6.90. The number of aliphatic imine (C=N–C) groups is 1. The van der Waals surface area contributed by atoms with Crippen molar-refractivity contribution in [1.29, 1.82) is 0 Å². The first kappa shape index (κ1) is 27.6. The lowest BCUT2D eigenvalue weighted by molar-refractivity contribution is -0.386. The summed E-state index contributed by atoms with van der Waals surface area (Å²) in [7, 11) is 0. The van der Waals surface area contributed by atoms with Crippen molar-refractivity contribution < 1.29 is 28.5 Å². The van der Waals surface area contributed by atoms with Crippen molar-refractivity contribution >= 4 is 23.9 Å². The summed E-state index contributed by atoms with van der Waals surface area (Å²) in [6.07, 6.45) is 1.88. The predicted octanol–water partition coefficient (Wildman–Crippen LogP) is 6.23. The highest BCUT2D eigenvalue weighted by Gasteiger charge is 2.21. The Bertz CT molecular complexity index is 1540. The molecule has 4 aromatic carbocycles. The van der Waals surface area contributed by atoms with Crippen molar-refractivity contribution in [2.75, 3.05) is 0 Å². The first-order chi connectivity index (χ1) is 19.4. The van der Waals surface area contributed by atoms with Crippen LogP contribution in [0.5, 0.6) is 11.5 Å². The third-order valence-corrected chi connectivity index (χ3v) is 5.79. The first-order valence-electron chi connectivity index (χ1n) is 11.9. The molecule has 0 amide bonds. The lowest BCUT2D eigenvalue weighted by Crippen LogP contribution is -2.01. The highest BCUT2D eigenvalue weighted by molar-refractivity contribution is 5.86. The van der Waals surface area contributed by atoms with Crippen LogP contribution in [0.25, 0.3) is 0 Å². The highest BCUT2D eigenvalue weighted by atomic mass is 19.1. The van der Waals surface area contributed by atoms with Gasteiger partial charge in [0.05, 0.1) is 22.0 Å². The van der Waals surface area contributed by atoms with Crippen molar-refractivity contribution in [2.45, 2.75) is 19.8 Å². The Morgan fingerprint density at radius 2 is 1.32 bits per heavy atom. The van der Waals surface area contributed by atoms with Crippen molar-refractivity contribution in [3.8, 4) is 11.5 Å². The van der Waals surface area contributed by atoms with E-state index in [0.717, 1.165) is 34.4 Å². The Labute approximate surface area is 227 Å². The van der Waals surface area contributed by atoms with E-state index in [1.165, 1.54) is 6.07 Å². The molecular weight excluding hydrogens is 521 g/mol. The number of halogens is 1. The average Bonchev–Trinajstić information content (AvgIpc) is 3.43. The second-order valence-electron chi connectivity index (χ2n) is 8.51. The second-order valence-corrected chi connectivity index (χ2v) is 8.51. The number of rotatable bonds is 9. The van der Waals surface area contributed by atoms with E-state index in [-0.39, 0.29) is 29.9 Å². The number of hydrogen-bond acceptors (Lipinski definition) is 8. The van der Waals surface area contributed by atoms with Gasteiger partial charge in [-0.3, -0.25) is 30.0 Å². The number of nitrogens with zero attached hydrogens (tertiary/aromatic N) is 3. The maximum atomic E-state index is 13.5. The monoisotopic (exact) mass is 543 g/mol. The molecule has 0 bridgehead atoms. The predicted molar refractivity (Wildman–Crippen MR) is 144 cm³/mol.